The van der Waals surface area contributed by atoms with Gasteiger partial charge in [0.1, 0.15) is 0 Å². The molecular weight excluding hydrogens is 304 g/mol. The molecule has 0 saturated carbocycles. The number of hydrogen-bond donors (Lipinski definition) is 0. The van der Waals surface area contributed by atoms with Gasteiger partial charge in [-0.2, -0.15) is 0 Å². The largest absolute Gasteiger partial charge is 0.356 e. The Kier molecular flexibility index (Phi) is 7.12. The van der Waals surface area contributed by atoms with Crippen molar-refractivity contribution in [3.8, 4) is 0 Å². The first-order chi connectivity index (χ1) is 11.3. The molecule has 0 aromatic heterocycles. The van der Waals surface area contributed by atoms with E-state index in [9.17, 15) is 0 Å². The first-order valence-electron chi connectivity index (χ1n) is 9.77. The van der Waals surface area contributed by atoms with E-state index in [1.54, 1.807) is 7.11 Å². The maximum Gasteiger partial charge on any atom is 0.160 e. The van der Waals surface area contributed by atoms with E-state index in [-0.39, 0.29) is 24.8 Å². The maximum absolute atomic E-state index is 6.25. The quantitative estimate of drug-likeness (QED) is 0.745. The van der Waals surface area contributed by atoms with Gasteiger partial charge in [0.25, 0.3) is 0 Å². The van der Waals surface area contributed by atoms with E-state index in [1.165, 1.54) is 0 Å². The maximum atomic E-state index is 6.25. The molecule has 0 radical (unpaired) electrons. The molecule has 2 rings (SSSR count). The molecule has 0 aromatic rings. The third-order valence-electron chi connectivity index (χ3n) is 7.03. The summed E-state index contributed by atoms with van der Waals surface area (Å²) in [6.45, 7) is 16.4. The minimum atomic E-state index is -0.142. The summed E-state index contributed by atoms with van der Waals surface area (Å²) in [5.74, 6) is 2.97. The number of methoxy groups -OCH3 is 1. The summed E-state index contributed by atoms with van der Waals surface area (Å²) in [7, 11) is 1.73. The Bertz CT molecular complexity index is 348. The van der Waals surface area contributed by atoms with E-state index in [0.29, 0.717) is 42.1 Å². The average Bonchev–Trinajstić information content (AvgIpc) is 2.58. The fourth-order valence-electron chi connectivity index (χ4n) is 4.28. The van der Waals surface area contributed by atoms with E-state index in [4.69, 9.17) is 18.9 Å². The lowest BCUT2D eigenvalue weighted by Crippen LogP contribution is -2.50. The average molecular weight is 343 g/mol. The van der Waals surface area contributed by atoms with Crippen molar-refractivity contribution in [2.24, 2.45) is 35.5 Å². The molecule has 0 amide bonds. The molecule has 0 N–H and O–H groups in total. The van der Waals surface area contributed by atoms with Gasteiger partial charge in [-0.05, 0) is 30.1 Å². The van der Waals surface area contributed by atoms with Gasteiger partial charge in [0.15, 0.2) is 12.6 Å². The van der Waals surface area contributed by atoms with Crippen molar-refractivity contribution in [3.05, 3.63) is 0 Å². The van der Waals surface area contributed by atoms with E-state index in [1.807, 2.05) is 0 Å². The minimum Gasteiger partial charge on any atom is -0.356 e. The first kappa shape index (κ1) is 20.2. The van der Waals surface area contributed by atoms with Crippen molar-refractivity contribution in [2.75, 3.05) is 13.7 Å². The van der Waals surface area contributed by atoms with Crippen LogP contribution in [0, 0.1) is 35.5 Å². The molecular formula is C20H38O4. The zero-order valence-corrected chi connectivity index (χ0v) is 16.8. The summed E-state index contributed by atoms with van der Waals surface area (Å²) in [4.78, 5) is 0. The van der Waals surface area contributed by atoms with Crippen LogP contribution in [0.5, 0.6) is 0 Å². The predicted molar refractivity (Wildman–Crippen MR) is 95.6 cm³/mol. The van der Waals surface area contributed by atoms with Gasteiger partial charge in [0, 0.05) is 18.9 Å². The second-order valence-corrected chi connectivity index (χ2v) is 8.22. The Morgan fingerprint density at radius 3 is 1.71 bits per heavy atom. The molecule has 2 saturated heterocycles. The topological polar surface area (TPSA) is 36.9 Å². The van der Waals surface area contributed by atoms with Crippen LogP contribution in [0.15, 0.2) is 0 Å². The molecule has 0 aliphatic carbocycles. The summed E-state index contributed by atoms with van der Waals surface area (Å²) in [6, 6.07) is 0. The van der Waals surface area contributed by atoms with Crippen molar-refractivity contribution in [1.29, 1.82) is 0 Å². The number of hydrogen-bond acceptors (Lipinski definition) is 4. The van der Waals surface area contributed by atoms with Gasteiger partial charge in [-0.25, -0.2) is 0 Å². The number of ether oxygens (including phenoxy) is 4. The van der Waals surface area contributed by atoms with Crippen LogP contribution < -0.4 is 0 Å². The first-order valence-corrected chi connectivity index (χ1v) is 9.77. The van der Waals surface area contributed by atoms with Crippen molar-refractivity contribution in [1.82, 2.24) is 0 Å². The van der Waals surface area contributed by atoms with E-state index in [0.717, 1.165) is 6.42 Å². The Balaban J connectivity index is 1.96. The number of rotatable bonds is 5. The molecule has 0 aromatic carbocycles. The SMILES string of the molecule is CCC1O[C@H](OCC2O[C@H](OC)C(C)[C@@H](C)[C@@H]2C)C(C)[C@@H](C)[C@@H]1C. The van der Waals surface area contributed by atoms with Crippen LogP contribution in [0.25, 0.3) is 0 Å². The van der Waals surface area contributed by atoms with E-state index >= 15 is 0 Å². The standard InChI is InChI=1S/C20H38O4/c1-9-17-13(4)11(2)16(7)20(23-17)22-10-18-14(5)12(3)15(6)19(21-8)24-18/h11-20H,9-10H2,1-8H3/t11-,12-,13-,14-,15?,16?,17?,18?,19-,20-/m0/s1. The van der Waals surface area contributed by atoms with Crippen molar-refractivity contribution in [3.63, 3.8) is 0 Å². The fourth-order valence-corrected chi connectivity index (χ4v) is 4.28. The van der Waals surface area contributed by atoms with Gasteiger partial charge >= 0.3 is 0 Å². The van der Waals surface area contributed by atoms with Crippen molar-refractivity contribution < 1.29 is 18.9 Å². The summed E-state index contributed by atoms with van der Waals surface area (Å²) >= 11 is 0. The summed E-state index contributed by atoms with van der Waals surface area (Å²) < 4.78 is 24.2. The minimum absolute atomic E-state index is 0.0617. The third kappa shape index (κ3) is 3.98. The Morgan fingerprint density at radius 2 is 1.17 bits per heavy atom. The highest BCUT2D eigenvalue weighted by Gasteiger charge is 2.42. The van der Waals surface area contributed by atoms with Crippen LogP contribution >= 0.6 is 0 Å². The van der Waals surface area contributed by atoms with E-state index in [2.05, 4.69) is 48.5 Å². The lowest BCUT2D eigenvalue weighted by Gasteiger charge is -2.45. The molecule has 142 valence electrons. The van der Waals surface area contributed by atoms with Gasteiger partial charge < -0.3 is 18.9 Å². The third-order valence-corrected chi connectivity index (χ3v) is 7.03. The zero-order chi connectivity index (χ0) is 18.0. The van der Waals surface area contributed by atoms with E-state index < -0.39 is 0 Å². The smallest absolute Gasteiger partial charge is 0.160 e. The van der Waals surface area contributed by atoms with Crippen LogP contribution in [-0.4, -0.2) is 38.5 Å². The molecule has 2 aliphatic rings. The molecule has 2 aliphatic heterocycles. The highest BCUT2D eigenvalue weighted by molar-refractivity contribution is 4.85. The Hall–Kier alpha value is -0.160. The van der Waals surface area contributed by atoms with Crippen LogP contribution in [0.1, 0.15) is 54.9 Å². The molecule has 10 atom stereocenters. The molecule has 0 spiro atoms. The molecule has 2 fully saturated rings. The van der Waals surface area contributed by atoms with Gasteiger partial charge in [-0.1, -0.05) is 48.5 Å². The van der Waals surface area contributed by atoms with Gasteiger partial charge in [0.05, 0.1) is 18.8 Å². The zero-order valence-electron chi connectivity index (χ0n) is 16.8. The van der Waals surface area contributed by atoms with Gasteiger partial charge in [-0.3, -0.25) is 0 Å². The predicted octanol–water partition coefficient (Wildman–Crippen LogP) is 4.33. The molecule has 24 heavy (non-hydrogen) atoms. The highest BCUT2D eigenvalue weighted by atomic mass is 16.7. The van der Waals surface area contributed by atoms with Crippen LogP contribution in [-0.2, 0) is 18.9 Å². The summed E-state index contributed by atoms with van der Waals surface area (Å²) in [5.41, 5.74) is 0. The molecule has 4 heteroatoms. The fraction of sp³-hybridized carbons (Fsp3) is 1.00. The molecule has 0 bridgehead atoms. The Morgan fingerprint density at radius 1 is 0.667 bits per heavy atom. The van der Waals surface area contributed by atoms with Crippen LogP contribution in [0.4, 0.5) is 0 Å². The normalized spacial score (nSPS) is 50.0. The van der Waals surface area contributed by atoms with Gasteiger partial charge in [0.2, 0.25) is 0 Å². The molecule has 4 unspecified atom stereocenters. The Labute approximate surface area is 148 Å². The summed E-state index contributed by atoms with van der Waals surface area (Å²) in [5, 5.41) is 0. The van der Waals surface area contributed by atoms with Crippen LogP contribution in [0.3, 0.4) is 0 Å². The summed E-state index contributed by atoms with van der Waals surface area (Å²) in [6.07, 6.45) is 1.11. The van der Waals surface area contributed by atoms with Crippen LogP contribution in [0.2, 0.25) is 0 Å². The lowest BCUT2D eigenvalue weighted by atomic mass is 9.78. The second-order valence-electron chi connectivity index (χ2n) is 8.22. The van der Waals surface area contributed by atoms with Gasteiger partial charge in [-0.15, -0.1) is 0 Å². The molecule has 2 heterocycles. The molecule has 4 nitrogen and oxygen atoms in total. The second kappa shape index (κ2) is 8.48. The lowest BCUT2D eigenvalue weighted by molar-refractivity contribution is -0.285. The van der Waals surface area contributed by atoms with Crippen molar-refractivity contribution >= 4 is 0 Å². The monoisotopic (exact) mass is 342 g/mol. The van der Waals surface area contributed by atoms with Crippen molar-refractivity contribution in [2.45, 2.75) is 79.7 Å². The highest BCUT2D eigenvalue weighted by Crippen LogP contribution is 2.38.